The first kappa shape index (κ1) is 54.7. The van der Waals surface area contributed by atoms with Gasteiger partial charge in [-0.25, -0.2) is 0 Å². The Morgan fingerprint density at radius 2 is 0.365 bits per heavy atom. The van der Waals surface area contributed by atoms with Crippen LogP contribution in [0, 0.1) is 45.3 Å². The maximum Gasteiger partial charge on any atom is 0.0998 e. The van der Waals surface area contributed by atoms with E-state index in [1.807, 2.05) is 188 Å². The van der Waals surface area contributed by atoms with Gasteiger partial charge in [-0.1, -0.05) is 188 Å². The molecule has 0 amide bonds. The number of benzene rings is 11. The van der Waals surface area contributed by atoms with E-state index < -0.39 is 0 Å². The van der Waals surface area contributed by atoms with Gasteiger partial charge in [0.1, 0.15) is 0 Å². The Kier molecular flexibility index (Phi) is 16.9. The van der Waals surface area contributed by atoms with E-state index in [9.17, 15) is 21.0 Å². The third-order valence-electron chi connectivity index (χ3n) is 14.4. The fraction of sp³-hybridized carbons (Fsp3) is 0. The van der Waals surface area contributed by atoms with Gasteiger partial charge in [0, 0.05) is 51.2 Å². The Labute approximate surface area is 496 Å². The van der Waals surface area contributed by atoms with Crippen molar-refractivity contribution in [3.05, 3.63) is 340 Å². The third-order valence-corrected chi connectivity index (χ3v) is 14.4. The first-order valence-corrected chi connectivity index (χ1v) is 27.7. The van der Waals surface area contributed by atoms with Gasteiger partial charge in [0.25, 0.3) is 0 Å². The van der Waals surface area contributed by atoms with E-state index in [0.29, 0.717) is 44.5 Å². The van der Waals surface area contributed by atoms with Gasteiger partial charge in [0.2, 0.25) is 0 Å². The highest BCUT2D eigenvalue weighted by atomic mass is 15.2. The fourth-order valence-electron chi connectivity index (χ4n) is 10.1. The molecular weight excluding hydrogens is 1030 g/mol. The summed E-state index contributed by atoms with van der Waals surface area (Å²) in [6, 6.07) is 101. The lowest BCUT2D eigenvalue weighted by Crippen LogP contribution is -2.09. The summed E-state index contributed by atoms with van der Waals surface area (Å²) in [6.07, 6.45) is 15.4. The van der Waals surface area contributed by atoms with E-state index in [0.717, 1.165) is 73.4 Å². The highest BCUT2D eigenvalue weighted by molar-refractivity contribution is 5.85. The Hall–Kier alpha value is -12.3. The van der Waals surface area contributed by atoms with Crippen molar-refractivity contribution < 1.29 is 0 Å². The molecule has 0 bridgehead atoms. The summed E-state index contributed by atoms with van der Waals surface area (Å²) >= 11 is 0. The van der Waals surface area contributed by atoms with E-state index in [4.69, 9.17) is 0 Å². The van der Waals surface area contributed by atoms with Crippen LogP contribution in [-0.2, 0) is 0 Å². The van der Waals surface area contributed by atoms with Crippen molar-refractivity contribution in [3.63, 3.8) is 0 Å². The minimum Gasteiger partial charge on any atom is -0.311 e. The van der Waals surface area contributed by atoms with Crippen molar-refractivity contribution in [2.75, 3.05) is 14.7 Å². The second kappa shape index (κ2) is 26.3. The smallest absolute Gasteiger partial charge is 0.0998 e. The molecule has 11 aromatic rings. The van der Waals surface area contributed by atoms with Gasteiger partial charge in [0.15, 0.2) is 0 Å². The predicted octanol–water partition coefficient (Wildman–Crippen LogP) is 20.3. The van der Waals surface area contributed by atoms with Crippen LogP contribution in [-0.4, -0.2) is 0 Å². The van der Waals surface area contributed by atoms with Crippen LogP contribution < -0.4 is 14.7 Å². The van der Waals surface area contributed by atoms with Crippen LogP contribution >= 0.6 is 0 Å². The molecule has 0 aliphatic heterocycles. The van der Waals surface area contributed by atoms with Crippen LogP contribution in [0.4, 0.5) is 51.2 Å². The van der Waals surface area contributed by atoms with Gasteiger partial charge in [-0.2, -0.15) is 21.0 Å². The number of rotatable bonds is 17. The molecule has 400 valence electrons. The molecule has 0 spiro atoms. The SMILES string of the molecule is N#Cc1cc(/C=C/c2ccc(N(c3ccccc3)c3ccc(/C=C/c4cc(C#N)c(/C=C/c5ccc(N(c6ccccc6)c6ccccc6)cc5)cc4C#N)cc3)cc2)c(C#N)cc1/C=C/c1ccc(N(c2ccccc2)c2ccccc2)cc1. The largest absolute Gasteiger partial charge is 0.311 e. The molecule has 7 nitrogen and oxygen atoms in total. The Balaban J connectivity index is 0.769. The third kappa shape index (κ3) is 13.0. The van der Waals surface area contributed by atoms with Gasteiger partial charge < -0.3 is 14.7 Å². The number of hydrogen-bond donors (Lipinski definition) is 0. The fourth-order valence-corrected chi connectivity index (χ4v) is 10.1. The van der Waals surface area contributed by atoms with Crippen LogP contribution in [0.3, 0.4) is 0 Å². The maximum atomic E-state index is 10.3. The first-order chi connectivity index (χ1) is 41.9. The summed E-state index contributed by atoms with van der Waals surface area (Å²) in [6.45, 7) is 0. The normalized spacial score (nSPS) is 11.1. The standard InChI is InChI=1S/C78H53N7/c79-54-66-52-64(68(56-81)50-62(66)38-26-58-30-42-75(43-31-58)83(70-16-6-1-7-17-70)71-18-8-2-9-19-71)40-28-60-34-46-77(47-35-60)85(74-24-14-5-15-25-74)78-48-36-61(37-49-78)29-41-65-53-67(55-80)63(51-69(65)57-82)39-27-59-32-44-76(45-33-59)84(72-20-10-3-11-21-72)73-22-12-4-13-23-73/h1-53H/b38-26+,39-27+,40-28+,41-29+. The molecule has 0 saturated carbocycles. The summed E-state index contributed by atoms with van der Waals surface area (Å²) in [7, 11) is 0. The van der Waals surface area contributed by atoms with E-state index in [1.165, 1.54) is 0 Å². The minimum absolute atomic E-state index is 0.463. The number of hydrogen-bond acceptors (Lipinski definition) is 7. The molecule has 0 saturated heterocycles. The molecule has 0 aliphatic carbocycles. The molecule has 0 unspecified atom stereocenters. The highest BCUT2D eigenvalue weighted by Gasteiger charge is 2.16. The minimum atomic E-state index is 0.463. The molecule has 0 aliphatic rings. The molecule has 11 rings (SSSR count). The van der Waals surface area contributed by atoms with Crippen molar-refractivity contribution in [1.29, 1.82) is 21.0 Å². The summed E-state index contributed by atoms with van der Waals surface area (Å²) in [5.74, 6) is 0. The van der Waals surface area contributed by atoms with Gasteiger partial charge in [-0.3, -0.25) is 0 Å². The molecule has 7 heteroatoms. The lowest BCUT2D eigenvalue weighted by Gasteiger charge is -2.25. The molecule has 0 radical (unpaired) electrons. The van der Waals surface area contributed by atoms with Crippen molar-refractivity contribution in [3.8, 4) is 24.3 Å². The predicted molar refractivity (Wildman–Crippen MR) is 351 cm³/mol. The van der Waals surface area contributed by atoms with Gasteiger partial charge in [-0.05, 0) is 178 Å². The Morgan fingerprint density at radius 1 is 0.200 bits per heavy atom. The monoisotopic (exact) mass is 1090 g/mol. The van der Waals surface area contributed by atoms with E-state index in [2.05, 4.69) is 148 Å². The van der Waals surface area contributed by atoms with Crippen LogP contribution in [0.15, 0.2) is 273 Å². The summed E-state index contributed by atoms with van der Waals surface area (Å²) < 4.78 is 0. The van der Waals surface area contributed by atoms with Crippen LogP contribution in [0.5, 0.6) is 0 Å². The molecule has 11 aromatic carbocycles. The van der Waals surface area contributed by atoms with E-state index in [1.54, 1.807) is 24.3 Å². The molecule has 0 heterocycles. The van der Waals surface area contributed by atoms with Crippen LogP contribution in [0.2, 0.25) is 0 Å². The molecule has 0 fully saturated rings. The average molecular weight is 1090 g/mol. The zero-order valence-electron chi connectivity index (χ0n) is 46.2. The first-order valence-electron chi connectivity index (χ1n) is 27.7. The maximum absolute atomic E-state index is 10.3. The zero-order valence-corrected chi connectivity index (χ0v) is 46.2. The molecule has 0 atom stereocenters. The summed E-state index contributed by atoms with van der Waals surface area (Å²) in [5.41, 5.74) is 17.4. The van der Waals surface area contributed by atoms with Crippen LogP contribution in [0.1, 0.15) is 66.8 Å². The van der Waals surface area contributed by atoms with Gasteiger partial charge in [0.05, 0.1) is 46.5 Å². The van der Waals surface area contributed by atoms with Crippen LogP contribution in [0.25, 0.3) is 48.6 Å². The zero-order chi connectivity index (χ0) is 58.2. The second-order valence-corrected chi connectivity index (χ2v) is 19.9. The number of para-hydroxylation sites is 5. The summed E-state index contributed by atoms with van der Waals surface area (Å²) in [5, 5.41) is 41.2. The summed E-state index contributed by atoms with van der Waals surface area (Å²) in [4.78, 5) is 6.59. The number of anilines is 9. The lowest BCUT2D eigenvalue weighted by atomic mass is 9.97. The Bertz CT molecular complexity index is 4050. The second-order valence-electron chi connectivity index (χ2n) is 19.9. The topological polar surface area (TPSA) is 105 Å². The van der Waals surface area contributed by atoms with E-state index in [-0.39, 0.29) is 0 Å². The van der Waals surface area contributed by atoms with Crippen molar-refractivity contribution in [2.45, 2.75) is 0 Å². The molecule has 85 heavy (non-hydrogen) atoms. The quantitative estimate of drug-likeness (QED) is 0.0836. The van der Waals surface area contributed by atoms with Crippen molar-refractivity contribution in [2.24, 2.45) is 0 Å². The highest BCUT2D eigenvalue weighted by Crippen LogP contribution is 2.38. The lowest BCUT2D eigenvalue weighted by molar-refractivity contribution is 1.28. The number of nitriles is 4. The molecule has 0 aromatic heterocycles. The van der Waals surface area contributed by atoms with Crippen molar-refractivity contribution >= 4 is 99.8 Å². The average Bonchev–Trinajstić information content (AvgIpc) is 3.70. The van der Waals surface area contributed by atoms with Gasteiger partial charge in [-0.15, -0.1) is 0 Å². The molecular formula is C78H53N7. The van der Waals surface area contributed by atoms with Crippen molar-refractivity contribution in [1.82, 2.24) is 0 Å². The number of nitrogens with zero attached hydrogens (tertiary/aromatic N) is 7. The Morgan fingerprint density at radius 3 is 0.529 bits per heavy atom. The van der Waals surface area contributed by atoms with E-state index >= 15 is 0 Å². The van der Waals surface area contributed by atoms with Gasteiger partial charge >= 0.3 is 0 Å². The molecule has 0 N–H and O–H groups in total.